The third kappa shape index (κ3) is 3.65. The monoisotopic (exact) mass is 244 g/mol. The Kier molecular flexibility index (Phi) is 6.41. The maximum Gasteiger partial charge on any atom is 0.0611 e. The summed E-state index contributed by atoms with van der Waals surface area (Å²) in [6.45, 7) is 11.4. The first-order valence-corrected chi connectivity index (χ1v) is 6.86. The minimum absolute atomic E-state index is 0.158. The Morgan fingerprint density at radius 3 is 2.41 bits per heavy atom. The van der Waals surface area contributed by atoms with Gasteiger partial charge in [-0.3, -0.25) is 4.90 Å². The van der Waals surface area contributed by atoms with E-state index in [4.69, 9.17) is 15.2 Å². The SMILES string of the molecule is CCOCCN(CC)C1(CN)CC(OCC)C1. The van der Waals surface area contributed by atoms with E-state index in [1.54, 1.807) is 0 Å². The molecule has 2 N–H and O–H groups in total. The molecule has 4 nitrogen and oxygen atoms in total. The van der Waals surface area contributed by atoms with Crippen LogP contribution in [-0.4, -0.2) is 56.0 Å². The van der Waals surface area contributed by atoms with Crippen molar-refractivity contribution in [1.82, 2.24) is 4.90 Å². The lowest BCUT2D eigenvalue weighted by Crippen LogP contribution is -2.64. The van der Waals surface area contributed by atoms with Crippen molar-refractivity contribution in [3.63, 3.8) is 0 Å². The molecule has 0 spiro atoms. The summed E-state index contributed by atoms with van der Waals surface area (Å²) >= 11 is 0. The van der Waals surface area contributed by atoms with E-state index in [0.29, 0.717) is 6.10 Å². The van der Waals surface area contributed by atoms with Gasteiger partial charge >= 0.3 is 0 Å². The number of hydrogen-bond donors (Lipinski definition) is 1. The molecule has 0 amide bonds. The highest BCUT2D eigenvalue weighted by Gasteiger charge is 2.47. The molecule has 1 saturated carbocycles. The van der Waals surface area contributed by atoms with E-state index in [1.807, 2.05) is 6.92 Å². The summed E-state index contributed by atoms with van der Waals surface area (Å²) in [6, 6.07) is 0. The second-order valence-corrected chi connectivity index (χ2v) is 4.69. The summed E-state index contributed by atoms with van der Waals surface area (Å²) < 4.78 is 11.1. The highest BCUT2D eigenvalue weighted by atomic mass is 16.5. The minimum Gasteiger partial charge on any atom is -0.380 e. The first-order valence-electron chi connectivity index (χ1n) is 6.86. The Balaban J connectivity index is 2.42. The summed E-state index contributed by atoms with van der Waals surface area (Å²) in [7, 11) is 0. The summed E-state index contributed by atoms with van der Waals surface area (Å²) in [4.78, 5) is 2.46. The van der Waals surface area contributed by atoms with E-state index >= 15 is 0 Å². The molecule has 1 fully saturated rings. The van der Waals surface area contributed by atoms with Crippen LogP contribution in [0.1, 0.15) is 33.6 Å². The van der Waals surface area contributed by atoms with Crippen LogP contribution in [0, 0.1) is 0 Å². The fourth-order valence-electron chi connectivity index (χ4n) is 2.75. The normalized spacial score (nSPS) is 28.4. The van der Waals surface area contributed by atoms with E-state index in [1.165, 1.54) is 0 Å². The van der Waals surface area contributed by atoms with Crippen LogP contribution >= 0.6 is 0 Å². The Morgan fingerprint density at radius 2 is 1.94 bits per heavy atom. The molecule has 0 aromatic heterocycles. The zero-order valence-corrected chi connectivity index (χ0v) is 11.6. The fraction of sp³-hybridized carbons (Fsp3) is 1.00. The summed E-state index contributed by atoms with van der Waals surface area (Å²) in [5.74, 6) is 0. The second kappa shape index (κ2) is 7.31. The van der Waals surface area contributed by atoms with Crippen LogP contribution in [0.4, 0.5) is 0 Å². The third-order valence-corrected chi connectivity index (χ3v) is 3.76. The lowest BCUT2D eigenvalue weighted by molar-refractivity contribution is -0.103. The van der Waals surface area contributed by atoms with Gasteiger partial charge in [0.25, 0.3) is 0 Å². The Bertz CT molecular complexity index is 206. The first-order chi connectivity index (χ1) is 8.22. The van der Waals surface area contributed by atoms with E-state index in [-0.39, 0.29) is 5.54 Å². The lowest BCUT2D eigenvalue weighted by Gasteiger charge is -2.53. The fourth-order valence-corrected chi connectivity index (χ4v) is 2.75. The maximum atomic E-state index is 5.97. The molecule has 0 aromatic rings. The third-order valence-electron chi connectivity index (χ3n) is 3.76. The van der Waals surface area contributed by atoms with Crippen molar-refractivity contribution in [2.75, 3.05) is 39.5 Å². The summed E-state index contributed by atoms with van der Waals surface area (Å²) in [5, 5.41) is 0. The molecule has 1 rings (SSSR count). The van der Waals surface area contributed by atoms with Gasteiger partial charge in [0.15, 0.2) is 0 Å². The minimum atomic E-state index is 0.158. The van der Waals surface area contributed by atoms with Gasteiger partial charge < -0.3 is 15.2 Å². The van der Waals surface area contributed by atoms with Gasteiger partial charge in [-0.2, -0.15) is 0 Å². The van der Waals surface area contributed by atoms with Crippen molar-refractivity contribution in [2.24, 2.45) is 5.73 Å². The highest BCUT2D eigenvalue weighted by molar-refractivity contribution is 5.04. The van der Waals surface area contributed by atoms with Crippen molar-refractivity contribution in [2.45, 2.75) is 45.3 Å². The van der Waals surface area contributed by atoms with Gasteiger partial charge in [-0.15, -0.1) is 0 Å². The lowest BCUT2D eigenvalue weighted by atomic mass is 9.72. The largest absolute Gasteiger partial charge is 0.380 e. The number of rotatable bonds is 9. The molecule has 0 heterocycles. The molecule has 17 heavy (non-hydrogen) atoms. The quantitative estimate of drug-likeness (QED) is 0.620. The molecular formula is C13H28N2O2. The molecule has 1 aliphatic rings. The van der Waals surface area contributed by atoms with Crippen LogP contribution in [0.5, 0.6) is 0 Å². The average molecular weight is 244 g/mol. The number of likely N-dealkylation sites (N-methyl/N-ethyl adjacent to an activating group) is 1. The van der Waals surface area contributed by atoms with Gasteiger partial charge in [0.2, 0.25) is 0 Å². The Morgan fingerprint density at radius 1 is 1.24 bits per heavy atom. The van der Waals surface area contributed by atoms with E-state index in [0.717, 1.165) is 52.3 Å². The number of ether oxygens (including phenoxy) is 2. The zero-order valence-electron chi connectivity index (χ0n) is 11.6. The van der Waals surface area contributed by atoms with Crippen LogP contribution in [0.2, 0.25) is 0 Å². The highest BCUT2D eigenvalue weighted by Crippen LogP contribution is 2.38. The van der Waals surface area contributed by atoms with Crippen LogP contribution in [0.3, 0.4) is 0 Å². The van der Waals surface area contributed by atoms with Gasteiger partial charge in [0.05, 0.1) is 12.7 Å². The van der Waals surface area contributed by atoms with Crippen LogP contribution in [-0.2, 0) is 9.47 Å². The molecule has 0 saturated heterocycles. The topological polar surface area (TPSA) is 47.7 Å². The summed E-state index contributed by atoms with van der Waals surface area (Å²) in [6.07, 6.45) is 2.54. The van der Waals surface area contributed by atoms with Gasteiger partial charge in [-0.25, -0.2) is 0 Å². The Labute approximate surface area is 105 Å². The maximum absolute atomic E-state index is 5.97. The van der Waals surface area contributed by atoms with Crippen LogP contribution in [0.25, 0.3) is 0 Å². The van der Waals surface area contributed by atoms with Gasteiger partial charge in [-0.05, 0) is 33.2 Å². The predicted octanol–water partition coefficient (Wildman–Crippen LogP) is 1.24. The smallest absolute Gasteiger partial charge is 0.0611 e. The average Bonchev–Trinajstić information content (AvgIpc) is 2.30. The van der Waals surface area contributed by atoms with Crippen molar-refractivity contribution >= 4 is 0 Å². The molecule has 0 radical (unpaired) electrons. The molecule has 0 atom stereocenters. The zero-order chi connectivity index (χ0) is 12.7. The van der Waals surface area contributed by atoms with Gasteiger partial charge in [0, 0.05) is 31.8 Å². The van der Waals surface area contributed by atoms with Crippen molar-refractivity contribution < 1.29 is 9.47 Å². The molecule has 4 heteroatoms. The van der Waals surface area contributed by atoms with E-state index < -0.39 is 0 Å². The van der Waals surface area contributed by atoms with Crippen molar-refractivity contribution in [1.29, 1.82) is 0 Å². The molecule has 0 aliphatic heterocycles. The van der Waals surface area contributed by atoms with Crippen molar-refractivity contribution in [3.8, 4) is 0 Å². The van der Waals surface area contributed by atoms with Crippen molar-refractivity contribution in [3.05, 3.63) is 0 Å². The molecular weight excluding hydrogens is 216 g/mol. The van der Waals surface area contributed by atoms with Gasteiger partial charge in [-0.1, -0.05) is 6.92 Å². The van der Waals surface area contributed by atoms with Crippen LogP contribution < -0.4 is 5.73 Å². The molecule has 1 aliphatic carbocycles. The van der Waals surface area contributed by atoms with Gasteiger partial charge in [0.1, 0.15) is 0 Å². The number of nitrogens with two attached hydrogens (primary N) is 1. The number of nitrogens with zero attached hydrogens (tertiary/aromatic N) is 1. The Hall–Kier alpha value is -0.160. The standard InChI is InChI=1S/C13H28N2O2/c1-4-15(7-8-16-5-2)13(11-14)9-12(10-13)17-6-3/h12H,4-11,14H2,1-3H3. The van der Waals surface area contributed by atoms with E-state index in [2.05, 4.69) is 18.7 Å². The second-order valence-electron chi connectivity index (χ2n) is 4.69. The molecule has 102 valence electrons. The van der Waals surface area contributed by atoms with Crippen LogP contribution in [0.15, 0.2) is 0 Å². The predicted molar refractivity (Wildman–Crippen MR) is 70.2 cm³/mol. The number of hydrogen-bond acceptors (Lipinski definition) is 4. The molecule has 0 aromatic carbocycles. The van der Waals surface area contributed by atoms with E-state index in [9.17, 15) is 0 Å². The summed E-state index contributed by atoms with van der Waals surface area (Å²) in [5.41, 5.74) is 6.13. The first kappa shape index (κ1) is 14.9. The molecule has 0 unspecified atom stereocenters. The molecule has 0 bridgehead atoms.